The number of aromatic amines is 1. The smallest absolute Gasteiger partial charge is 0.264 e. The third-order valence-corrected chi connectivity index (χ3v) is 5.47. The van der Waals surface area contributed by atoms with Crippen molar-refractivity contribution in [2.24, 2.45) is 0 Å². The summed E-state index contributed by atoms with van der Waals surface area (Å²) in [4.78, 5) is 32.5. The fraction of sp³-hybridized carbons (Fsp3) is 0.450. The second kappa shape index (κ2) is 8.43. The number of aromatic nitrogens is 2. The number of anilines is 2. The van der Waals surface area contributed by atoms with Gasteiger partial charge in [0.05, 0.1) is 6.54 Å². The molecule has 0 spiro atoms. The van der Waals surface area contributed by atoms with Gasteiger partial charge in [-0.3, -0.25) is 14.5 Å². The normalized spacial score (nSPS) is 18.4. The lowest BCUT2D eigenvalue weighted by atomic mass is 10.2. The molecule has 0 aliphatic carbocycles. The Morgan fingerprint density at radius 3 is 2.18 bits per heavy atom. The number of hydrogen-bond donors (Lipinski definition) is 1. The summed E-state index contributed by atoms with van der Waals surface area (Å²) in [6.07, 6.45) is 0. The van der Waals surface area contributed by atoms with Gasteiger partial charge in [0.2, 0.25) is 5.91 Å². The molecule has 8 heteroatoms. The number of nitrogens with zero attached hydrogens (tertiary/aromatic N) is 5. The first-order valence-electron chi connectivity index (χ1n) is 9.80. The molecule has 0 unspecified atom stereocenters. The van der Waals surface area contributed by atoms with Gasteiger partial charge in [-0.25, -0.2) is 5.10 Å². The Balaban J connectivity index is 1.23. The van der Waals surface area contributed by atoms with Crippen LogP contribution in [0.15, 0.2) is 47.3 Å². The molecule has 2 saturated heterocycles. The zero-order chi connectivity index (χ0) is 19.3. The maximum Gasteiger partial charge on any atom is 0.264 e. The summed E-state index contributed by atoms with van der Waals surface area (Å²) in [6.45, 7) is 7.00. The average Bonchev–Trinajstić information content (AvgIpc) is 2.76. The van der Waals surface area contributed by atoms with E-state index in [0.717, 1.165) is 58.2 Å². The number of piperazine rings is 2. The van der Waals surface area contributed by atoms with Crippen LogP contribution in [0.5, 0.6) is 0 Å². The molecule has 28 heavy (non-hydrogen) atoms. The predicted octanol–water partition coefficient (Wildman–Crippen LogP) is 0.241. The van der Waals surface area contributed by atoms with E-state index in [4.69, 9.17) is 0 Å². The highest BCUT2D eigenvalue weighted by Gasteiger charge is 2.25. The minimum absolute atomic E-state index is 0.194. The third-order valence-electron chi connectivity index (χ3n) is 5.47. The Bertz CT molecular complexity index is 819. The minimum atomic E-state index is -0.194. The van der Waals surface area contributed by atoms with Crippen molar-refractivity contribution >= 4 is 17.4 Å². The van der Waals surface area contributed by atoms with Gasteiger partial charge >= 0.3 is 0 Å². The van der Waals surface area contributed by atoms with Crippen molar-refractivity contribution in [3.05, 3.63) is 52.8 Å². The lowest BCUT2D eigenvalue weighted by Crippen LogP contribution is -2.54. The number of nitrogens with one attached hydrogen (secondary N) is 1. The SMILES string of the molecule is O=C(CN1CCN(c2ccc(=O)[nH]n2)CC1)N1CCN(c2ccccc2)CC1. The summed E-state index contributed by atoms with van der Waals surface area (Å²) in [6, 6.07) is 13.6. The monoisotopic (exact) mass is 382 g/mol. The second-order valence-electron chi connectivity index (χ2n) is 7.25. The van der Waals surface area contributed by atoms with Crippen molar-refractivity contribution in [1.82, 2.24) is 20.0 Å². The molecule has 0 bridgehead atoms. The molecule has 2 aliphatic rings. The molecule has 148 valence electrons. The molecule has 2 fully saturated rings. The van der Waals surface area contributed by atoms with Crippen LogP contribution in [-0.2, 0) is 4.79 Å². The van der Waals surface area contributed by atoms with E-state index < -0.39 is 0 Å². The molecule has 3 heterocycles. The molecule has 0 radical (unpaired) electrons. The van der Waals surface area contributed by atoms with Crippen LogP contribution in [0.25, 0.3) is 0 Å². The molecule has 1 N–H and O–H groups in total. The highest BCUT2D eigenvalue weighted by Crippen LogP contribution is 2.16. The number of benzene rings is 1. The van der Waals surface area contributed by atoms with Gasteiger partial charge in [-0.1, -0.05) is 18.2 Å². The van der Waals surface area contributed by atoms with Crippen LogP contribution in [0.3, 0.4) is 0 Å². The van der Waals surface area contributed by atoms with Crippen molar-refractivity contribution < 1.29 is 4.79 Å². The van der Waals surface area contributed by atoms with E-state index >= 15 is 0 Å². The first-order chi connectivity index (χ1) is 13.7. The van der Waals surface area contributed by atoms with E-state index in [0.29, 0.717) is 6.54 Å². The second-order valence-corrected chi connectivity index (χ2v) is 7.25. The first-order valence-corrected chi connectivity index (χ1v) is 9.80. The largest absolute Gasteiger partial charge is 0.368 e. The van der Waals surface area contributed by atoms with E-state index in [2.05, 4.69) is 49.2 Å². The van der Waals surface area contributed by atoms with E-state index in [9.17, 15) is 9.59 Å². The molecule has 1 aromatic carbocycles. The maximum absolute atomic E-state index is 12.7. The standard InChI is InChI=1S/C20H26N6O2/c27-19-7-6-18(21-22-19)25-10-8-23(9-11-25)16-20(28)26-14-12-24(13-15-26)17-4-2-1-3-5-17/h1-7H,8-16H2,(H,22,27). The van der Waals surface area contributed by atoms with Gasteiger partial charge in [-0.15, -0.1) is 0 Å². The number of carbonyl (C=O) groups excluding carboxylic acids is 1. The van der Waals surface area contributed by atoms with Gasteiger partial charge in [0.1, 0.15) is 5.82 Å². The average molecular weight is 382 g/mol. The first kappa shape index (κ1) is 18.5. The zero-order valence-electron chi connectivity index (χ0n) is 16.0. The van der Waals surface area contributed by atoms with Crippen LogP contribution in [0, 0.1) is 0 Å². The van der Waals surface area contributed by atoms with Crippen LogP contribution >= 0.6 is 0 Å². The molecule has 0 saturated carbocycles. The Labute approximate surface area is 164 Å². The van der Waals surface area contributed by atoms with E-state index in [1.165, 1.54) is 11.8 Å². The summed E-state index contributed by atoms with van der Waals surface area (Å²) < 4.78 is 0. The number of hydrogen-bond acceptors (Lipinski definition) is 6. The molecule has 1 aromatic heterocycles. The van der Waals surface area contributed by atoms with Crippen LogP contribution in [-0.4, -0.2) is 84.8 Å². The summed E-state index contributed by atoms with van der Waals surface area (Å²) in [7, 11) is 0. The summed E-state index contributed by atoms with van der Waals surface area (Å²) in [5, 5.41) is 6.56. The van der Waals surface area contributed by atoms with Gasteiger partial charge in [0.15, 0.2) is 0 Å². The van der Waals surface area contributed by atoms with E-state index in [-0.39, 0.29) is 11.5 Å². The van der Waals surface area contributed by atoms with Crippen LogP contribution < -0.4 is 15.4 Å². The topological polar surface area (TPSA) is 75.8 Å². The maximum atomic E-state index is 12.7. The number of para-hydroxylation sites is 1. The molecule has 8 nitrogen and oxygen atoms in total. The summed E-state index contributed by atoms with van der Waals surface area (Å²) in [5.41, 5.74) is 1.03. The van der Waals surface area contributed by atoms with Crippen molar-refractivity contribution in [3.8, 4) is 0 Å². The number of H-pyrrole nitrogens is 1. The Morgan fingerprint density at radius 2 is 1.54 bits per heavy atom. The van der Waals surface area contributed by atoms with Gasteiger partial charge in [0, 0.05) is 64.1 Å². The van der Waals surface area contributed by atoms with Gasteiger partial charge in [-0.05, 0) is 18.2 Å². The molecular formula is C20H26N6O2. The Morgan fingerprint density at radius 1 is 0.857 bits per heavy atom. The lowest BCUT2D eigenvalue weighted by Gasteiger charge is -2.38. The number of amides is 1. The molecule has 4 rings (SSSR count). The van der Waals surface area contributed by atoms with Crippen molar-refractivity contribution in [1.29, 1.82) is 0 Å². The zero-order valence-corrected chi connectivity index (χ0v) is 16.0. The molecular weight excluding hydrogens is 356 g/mol. The van der Waals surface area contributed by atoms with E-state index in [1.807, 2.05) is 11.0 Å². The van der Waals surface area contributed by atoms with Crippen LogP contribution in [0.1, 0.15) is 0 Å². The van der Waals surface area contributed by atoms with Gasteiger partial charge in [-0.2, -0.15) is 5.10 Å². The fourth-order valence-electron chi connectivity index (χ4n) is 3.79. The fourth-order valence-corrected chi connectivity index (χ4v) is 3.79. The van der Waals surface area contributed by atoms with Crippen LogP contribution in [0.4, 0.5) is 11.5 Å². The van der Waals surface area contributed by atoms with Gasteiger partial charge < -0.3 is 14.7 Å². The molecule has 1 amide bonds. The third kappa shape index (κ3) is 4.33. The Kier molecular flexibility index (Phi) is 5.57. The Hall–Kier alpha value is -2.87. The predicted molar refractivity (Wildman–Crippen MR) is 109 cm³/mol. The van der Waals surface area contributed by atoms with Crippen molar-refractivity contribution in [2.75, 3.05) is 68.7 Å². The summed E-state index contributed by atoms with van der Waals surface area (Å²) in [5.74, 6) is 0.992. The molecule has 0 atom stereocenters. The molecule has 2 aliphatic heterocycles. The summed E-state index contributed by atoms with van der Waals surface area (Å²) >= 11 is 0. The number of rotatable bonds is 4. The van der Waals surface area contributed by atoms with Crippen LogP contribution in [0.2, 0.25) is 0 Å². The lowest BCUT2D eigenvalue weighted by molar-refractivity contribution is -0.132. The minimum Gasteiger partial charge on any atom is -0.368 e. The van der Waals surface area contributed by atoms with E-state index in [1.54, 1.807) is 6.07 Å². The number of carbonyl (C=O) groups is 1. The van der Waals surface area contributed by atoms with Crippen molar-refractivity contribution in [2.45, 2.75) is 0 Å². The van der Waals surface area contributed by atoms with Crippen molar-refractivity contribution in [3.63, 3.8) is 0 Å². The highest BCUT2D eigenvalue weighted by molar-refractivity contribution is 5.78. The highest BCUT2D eigenvalue weighted by atomic mass is 16.2. The quantitative estimate of drug-likeness (QED) is 0.817. The molecule has 2 aromatic rings. The van der Waals surface area contributed by atoms with Gasteiger partial charge in [0.25, 0.3) is 5.56 Å².